The highest BCUT2D eigenvalue weighted by Crippen LogP contribution is 2.59. The van der Waals surface area contributed by atoms with E-state index in [9.17, 15) is 9.59 Å². The largest absolute Gasteiger partial charge is 0.344 e. The van der Waals surface area contributed by atoms with Gasteiger partial charge >= 0.3 is 0 Å². The molecule has 1 aromatic heterocycles. The van der Waals surface area contributed by atoms with Gasteiger partial charge in [0.2, 0.25) is 0 Å². The third kappa shape index (κ3) is 1.35. The second-order valence-electron chi connectivity index (χ2n) is 5.89. The average Bonchev–Trinajstić information content (AvgIpc) is 3.02. The van der Waals surface area contributed by atoms with E-state index >= 15 is 0 Å². The second kappa shape index (κ2) is 3.69. The summed E-state index contributed by atoms with van der Waals surface area (Å²) in [4.78, 5) is 24.4. The summed E-state index contributed by atoms with van der Waals surface area (Å²) in [7, 11) is 0. The number of hydrogen-bond donors (Lipinski definition) is 0. The van der Waals surface area contributed by atoms with Crippen molar-refractivity contribution in [2.75, 3.05) is 0 Å². The predicted octanol–water partition coefficient (Wildman–Crippen LogP) is 2.84. The molecule has 1 saturated carbocycles. The molecule has 0 spiro atoms. The Morgan fingerprint density at radius 1 is 1.30 bits per heavy atom. The number of nitrogens with zero attached hydrogens (tertiary/aromatic N) is 1. The molecule has 100 valence electrons. The first-order valence-electron chi connectivity index (χ1n) is 6.94. The highest BCUT2D eigenvalue weighted by molar-refractivity contribution is 6.08. The summed E-state index contributed by atoms with van der Waals surface area (Å²) < 4.78 is 1.96. The number of aromatic nitrogens is 1. The molecule has 2 atom stereocenters. The number of benzene rings is 1. The highest BCUT2D eigenvalue weighted by Gasteiger charge is 2.63. The lowest BCUT2D eigenvalue weighted by Crippen LogP contribution is -2.31. The van der Waals surface area contributed by atoms with Gasteiger partial charge in [-0.1, -0.05) is 30.3 Å². The first-order chi connectivity index (χ1) is 9.63. The lowest BCUT2D eigenvalue weighted by atomic mass is 9.85. The minimum Gasteiger partial charge on any atom is -0.344 e. The molecule has 0 bridgehead atoms. The molecule has 2 aliphatic rings. The van der Waals surface area contributed by atoms with Crippen LogP contribution in [0.15, 0.2) is 42.6 Å². The number of rotatable bonds is 2. The lowest BCUT2D eigenvalue weighted by Gasteiger charge is -2.23. The van der Waals surface area contributed by atoms with E-state index in [1.807, 2.05) is 41.1 Å². The van der Waals surface area contributed by atoms with Crippen LogP contribution >= 0.6 is 0 Å². The molecule has 2 unspecified atom stereocenters. The van der Waals surface area contributed by atoms with Gasteiger partial charge in [0.05, 0.1) is 11.1 Å². The first-order valence-corrected chi connectivity index (χ1v) is 6.94. The van der Waals surface area contributed by atoms with E-state index in [1.165, 1.54) is 0 Å². The van der Waals surface area contributed by atoms with Crippen molar-refractivity contribution in [1.82, 2.24) is 4.57 Å². The van der Waals surface area contributed by atoms with E-state index in [-0.39, 0.29) is 17.0 Å². The molecule has 2 aromatic rings. The number of hydrogen-bond acceptors (Lipinski definition) is 2. The summed E-state index contributed by atoms with van der Waals surface area (Å²) in [5.41, 5.74) is 2.11. The Labute approximate surface area is 117 Å². The van der Waals surface area contributed by atoms with E-state index in [4.69, 9.17) is 0 Å². The van der Waals surface area contributed by atoms with Crippen LogP contribution in [0.3, 0.4) is 0 Å². The predicted molar refractivity (Wildman–Crippen MR) is 75.0 cm³/mol. The first kappa shape index (κ1) is 11.6. The smallest absolute Gasteiger partial charge is 0.190 e. The molecule has 0 N–H and O–H groups in total. The lowest BCUT2D eigenvalue weighted by molar-refractivity contribution is 0.0911. The summed E-state index contributed by atoms with van der Waals surface area (Å²) in [5.74, 6) is 0.562. The Morgan fingerprint density at radius 3 is 2.75 bits per heavy atom. The molecule has 0 amide bonds. The van der Waals surface area contributed by atoms with Crippen LogP contribution in [0.2, 0.25) is 0 Å². The van der Waals surface area contributed by atoms with Crippen LogP contribution < -0.4 is 0 Å². The van der Waals surface area contributed by atoms with Crippen molar-refractivity contribution in [3.8, 4) is 0 Å². The fourth-order valence-corrected chi connectivity index (χ4v) is 3.56. The molecule has 1 aliphatic heterocycles. The normalized spacial score (nSPS) is 26.9. The zero-order chi connectivity index (χ0) is 13.9. The highest BCUT2D eigenvalue weighted by atomic mass is 16.1. The number of carbonyl (C=O) groups is 2. The summed E-state index contributed by atoms with van der Waals surface area (Å²) >= 11 is 0. The Morgan fingerprint density at radius 2 is 2.05 bits per heavy atom. The van der Waals surface area contributed by atoms with E-state index in [2.05, 4.69) is 0 Å². The average molecular weight is 265 g/mol. The third-order valence-corrected chi connectivity index (χ3v) is 4.75. The number of ketones is 2. The zero-order valence-corrected chi connectivity index (χ0v) is 11.3. The summed E-state index contributed by atoms with van der Waals surface area (Å²) in [6.45, 7) is 2.38. The van der Waals surface area contributed by atoms with Gasteiger partial charge in [-0.2, -0.15) is 0 Å². The maximum atomic E-state index is 12.9. The van der Waals surface area contributed by atoms with E-state index < -0.39 is 0 Å². The van der Waals surface area contributed by atoms with Gasteiger partial charge in [0, 0.05) is 18.3 Å². The van der Waals surface area contributed by atoms with E-state index in [0.29, 0.717) is 17.2 Å². The van der Waals surface area contributed by atoms with Gasteiger partial charge < -0.3 is 4.57 Å². The third-order valence-electron chi connectivity index (χ3n) is 4.75. The molecule has 0 radical (unpaired) electrons. The van der Waals surface area contributed by atoms with Crippen molar-refractivity contribution in [3.63, 3.8) is 0 Å². The maximum absolute atomic E-state index is 12.9. The number of fused-ring (bicyclic) bond motifs is 2. The van der Waals surface area contributed by atoms with Gasteiger partial charge in [-0.3, -0.25) is 9.59 Å². The summed E-state index contributed by atoms with van der Waals surface area (Å²) in [6.07, 6.45) is 2.75. The van der Waals surface area contributed by atoms with Crippen LogP contribution in [0.5, 0.6) is 0 Å². The monoisotopic (exact) mass is 265 g/mol. The van der Waals surface area contributed by atoms with Crippen LogP contribution in [-0.2, 0) is 12.0 Å². The van der Waals surface area contributed by atoms with E-state index in [0.717, 1.165) is 18.5 Å². The second-order valence-corrected chi connectivity index (χ2v) is 5.89. The fourth-order valence-electron chi connectivity index (χ4n) is 3.56. The quantitative estimate of drug-likeness (QED) is 0.783. The van der Waals surface area contributed by atoms with Crippen LogP contribution in [0, 0.1) is 5.92 Å². The molecule has 0 saturated heterocycles. The van der Waals surface area contributed by atoms with Gasteiger partial charge in [-0.05, 0) is 30.9 Å². The van der Waals surface area contributed by atoms with Crippen molar-refractivity contribution < 1.29 is 9.59 Å². The van der Waals surface area contributed by atoms with Crippen LogP contribution in [0.4, 0.5) is 0 Å². The molecule has 1 fully saturated rings. The van der Waals surface area contributed by atoms with Crippen molar-refractivity contribution in [2.24, 2.45) is 5.92 Å². The van der Waals surface area contributed by atoms with Crippen molar-refractivity contribution in [2.45, 2.75) is 25.3 Å². The fraction of sp³-hybridized carbons (Fsp3) is 0.294. The van der Waals surface area contributed by atoms with Gasteiger partial charge in [-0.15, -0.1) is 0 Å². The Balaban J connectivity index is 1.82. The van der Waals surface area contributed by atoms with Crippen LogP contribution in [0.1, 0.15) is 39.8 Å². The van der Waals surface area contributed by atoms with Crippen LogP contribution in [-0.4, -0.2) is 16.1 Å². The minimum absolute atomic E-state index is 0.0159. The molecular formula is C17H15NO2. The van der Waals surface area contributed by atoms with Crippen molar-refractivity contribution in [1.29, 1.82) is 0 Å². The molecule has 3 heteroatoms. The molecular weight excluding hydrogens is 250 g/mol. The Hall–Kier alpha value is -2.16. The standard InChI is InChI=1S/C17H15NO2/c1-11(19)12-7-15-16(20)17(13-5-3-2-4-6-13)8-14(17)10-18(15)9-12/h2-7,9,14H,8,10H2,1H3. The van der Waals surface area contributed by atoms with E-state index in [1.54, 1.807) is 13.0 Å². The Bertz CT molecular complexity index is 729. The van der Waals surface area contributed by atoms with Crippen molar-refractivity contribution in [3.05, 3.63) is 59.4 Å². The van der Waals surface area contributed by atoms with Gasteiger partial charge in [0.25, 0.3) is 0 Å². The molecule has 1 aromatic carbocycles. The molecule has 3 nitrogen and oxygen atoms in total. The van der Waals surface area contributed by atoms with Gasteiger partial charge in [0.1, 0.15) is 0 Å². The topological polar surface area (TPSA) is 39.1 Å². The SMILES string of the molecule is CC(=O)c1cc2n(c1)CC1CC1(c1ccccc1)C2=O. The maximum Gasteiger partial charge on any atom is 0.190 e. The summed E-state index contributed by atoms with van der Waals surface area (Å²) in [5, 5.41) is 0. The van der Waals surface area contributed by atoms with Gasteiger partial charge in [0.15, 0.2) is 11.6 Å². The number of Topliss-reactive ketones (excluding diaryl/α,β-unsaturated/α-hetero) is 2. The zero-order valence-electron chi connectivity index (χ0n) is 11.3. The Kier molecular flexibility index (Phi) is 2.15. The van der Waals surface area contributed by atoms with Crippen LogP contribution in [0.25, 0.3) is 0 Å². The summed E-state index contributed by atoms with van der Waals surface area (Å²) in [6, 6.07) is 11.8. The number of carbonyl (C=O) groups excluding carboxylic acids is 2. The molecule has 2 heterocycles. The molecule has 1 aliphatic carbocycles. The molecule has 4 rings (SSSR count). The molecule has 20 heavy (non-hydrogen) atoms. The van der Waals surface area contributed by atoms with Crippen molar-refractivity contribution >= 4 is 11.6 Å². The minimum atomic E-state index is -0.330. The van der Waals surface area contributed by atoms with Gasteiger partial charge in [-0.25, -0.2) is 0 Å².